The molecule has 0 bridgehead atoms. The number of amides is 1. The van der Waals surface area contributed by atoms with Crippen molar-refractivity contribution in [1.82, 2.24) is 0 Å². The molecule has 0 aromatic heterocycles. The predicted molar refractivity (Wildman–Crippen MR) is 88.6 cm³/mol. The van der Waals surface area contributed by atoms with E-state index < -0.39 is 0 Å². The van der Waals surface area contributed by atoms with Crippen molar-refractivity contribution in [3.8, 4) is 5.75 Å². The Hall–Kier alpha value is -2.01. The molecule has 0 radical (unpaired) electrons. The summed E-state index contributed by atoms with van der Waals surface area (Å²) in [5, 5.41) is 2.81. The number of nitrogens with two attached hydrogens (primary N) is 1. The van der Waals surface area contributed by atoms with E-state index in [4.69, 9.17) is 10.5 Å². The monoisotopic (exact) mass is 348 g/mol. The van der Waals surface area contributed by atoms with Gasteiger partial charge in [-0.1, -0.05) is 22.0 Å². The minimum Gasteiger partial charge on any atom is -0.483 e. The highest BCUT2D eigenvalue weighted by molar-refractivity contribution is 9.10. The van der Waals surface area contributed by atoms with Crippen LogP contribution < -0.4 is 15.8 Å². The molecule has 0 heterocycles. The fraction of sp³-hybridized carbons (Fsp3) is 0.188. The quantitative estimate of drug-likeness (QED) is 0.828. The number of ether oxygens (including phenoxy) is 1. The predicted octanol–water partition coefficient (Wildman–Crippen LogP) is 3.67. The van der Waals surface area contributed by atoms with Crippen LogP contribution in [0.2, 0.25) is 0 Å². The van der Waals surface area contributed by atoms with Gasteiger partial charge in [0.15, 0.2) is 6.61 Å². The number of hydrogen-bond donors (Lipinski definition) is 2. The van der Waals surface area contributed by atoms with E-state index in [1.165, 1.54) is 0 Å². The lowest BCUT2D eigenvalue weighted by molar-refractivity contribution is -0.118. The molecule has 2 aromatic rings. The average Bonchev–Trinajstić information content (AvgIpc) is 2.43. The number of nitrogens with one attached hydrogen (secondary N) is 1. The van der Waals surface area contributed by atoms with Crippen molar-refractivity contribution in [3.05, 3.63) is 52.0 Å². The van der Waals surface area contributed by atoms with Gasteiger partial charge in [-0.3, -0.25) is 4.79 Å². The summed E-state index contributed by atoms with van der Waals surface area (Å²) in [7, 11) is 0. The molecule has 0 unspecified atom stereocenters. The maximum Gasteiger partial charge on any atom is 0.262 e. The molecule has 110 valence electrons. The van der Waals surface area contributed by atoms with Crippen molar-refractivity contribution in [2.24, 2.45) is 0 Å². The van der Waals surface area contributed by atoms with E-state index in [0.717, 1.165) is 21.3 Å². The van der Waals surface area contributed by atoms with Gasteiger partial charge in [-0.05, 0) is 55.3 Å². The summed E-state index contributed by atoms with van der Waals surface area (Å²) in [5.74, 6) is 0.482. The smallest absolute Gasteiger partial charge is 0.262 e. The van der Waals surface area contributed by atoms with E-state index in [0.29, 0.717) is 11.4 Å². The Morgan fingerprint density at radius 1 is 1.19 bits per heavy atom. The Balaban J connectivity index is 1.97. The van der Waals surface area contributed by atoms with E-state index in [-0.39, 0.29) is 12.5 Å². The lowest BCUT2D eigenvalue weighted by Gasteiger charge is -2.11. The van der Waals surface area contributed by atoms with Crippen molar-refractivity contribution >= 4 is 33.2 Å². The van der Waals surface area contributed by atoms with Crippen molar-refractivity contribution in [1.29, 1.82) is 0 Å². The van der Waals surface area contributed by atoms with Gasteiger partial charge in [-0.25, -0.2) is 0 Å². The van der Waals surface area contributed by atoms with Gasteiger partial charge in [0, 0.05) is 15.8 Å². The Morgan fingerprint density at radius 2 is 1.95 bits per heavy atom. The highest BCUT2D eigenvalue weighted by Gasteiger charge is 2.07. The minimum absolute atomic E-state index is 0.0406. The Morgan fingerprint density at radius 3 is 2.67 bits per heavy atom. The summed E-state index contributed by atoms with van der Waals surface area (Å²) in [6, 6.07) is 11.1. The number of hydrogen-bond acceptors (Lipinski definition) is 3. The number of aryl methyl sites for hydroxylation is 2. The van der Waals surface area contributed by atoms with Crippen molar-refractivity contribution in [3.63, 3.8) is 0 Å². The molecule has 0 spiro atoms. The summed E-state index contributed by atoms with van der Waals surface area (Å²) >= 11 is 3.38. The minimum atomic E-state index is -0.206. The zero-order valence-corrected chi connectivity index (χ0v) is 13.5. The SMILES string of the molecule is Cc1cc(N)ccc1NC(=O)COc1cc(Br)ccc1C. The topological polar surface area (TPSA) is 64.3 Å². The van der Waals surface area contributed by atoms with Crippen molar-refractivity contribution < 1.29 is 9.53 Å². The van der Waals surface area contributed by atoms with Crippen molar-refractivity contribution in [2.75, 3.05) is 17.7 Å². The second-order valence-electron chi connectivity index (χ2n) is 4.82. The molecule has 2 aromatic carbocycles. The molecule has 0 aliphatic carbocycles. The molecule has 21 heavy (non-hydrogen) atoms. The van der Waals surface area contributed by atoms with Gasteiger partial charge < -0.3 is 15.8 Å². The summed E-state index contributed by atoms with van der Waals surface area (Å²) in [6.07, 6.45) is 0. The van der Waals surface area contributed by atoms with Crippen LogP contribution in [0.25, 0.3) is 0 Å². The molecule has 4 nitrogen and oxygen atoms in total. The molecule has 0 aliphatic rings. The number of carbonyl (C=O) groups excluding carboxylic acids is 1. The molecule has 2 rings (SSSR count). The van der Waals surface area contributed by atoms with Gasteiger partial charge in [0.25, 0.3) is 5.91 Å². The van der Waals surface area contributed by atoms with Crippen LogP contribution in [0.1, 0.15) is 11.1 Å². The summed E-state index contributed by atoms with van der Waals surface area (Å²) in [4.78, 5) is 11.9. The van der Waals surface area contributed by atoms with Crippen molar-refractivity contribution in [2.45, 2.75) is 13.8 Å². The third-order valence-electron chi connectivity index (χ3n) is 3.03. The summed E-state index contributed by atoms with van der Waals surface area (Å²) in [5.41, 5.74) is 8.99. The van der Waals surface area contributed by atoms with Crippen LogP contribution in [0.15, 0.2) is 40.9 Å². The number of nitrogen functional groups attached to an aromatic ring is 1. The van der Waals surface area contributed by atoms with E-state index in [9.17, 15) is 4.79 Å². The van der Waals surface area contributed by atoms with E-state index in [1.807, 2.05) is 38.1 Å². The normalized spacial score (nSPS) is 10.2. The van der Waals surface area contributed by atoms with Gasteiger partial charge in [-0.2, -0.15) is 0 Å². The van der Waals surface area contributed by atoms with E-state index in [1.54, 1.807) is 12.1 Å². The average molecular weight is 349 g/mol. The van der Waals surface area contributed by atoms with Crippen LogP contribution in [0.5, 0.6) is 5.75 Å². The molecule has 0 saturated carbocycles. The Labute approximate surface area is 132 Å². The first-order valence-electron chi connectivity index (χ1n) is 6.50. The molecule has 0 aliphatic heterocycles. The molecule has 0 fully saturated rings. The number of benzene rings is 2. The van der Waals surface area contributed by atoms with Crippen LogP contribution in [0.4, 0.5) is 11.4 Å². The number of rotatable bonds is 4. The third kappa shape index (κ3) is 4.23. The highest BCUT2D eigenvalue weighted by Crippen LogP contribution is 2.23. The zero-order valence-electron chi connectivity index (χ0n) is 11.9. The number of anilines is 2. The van der Waals surface area contributed by atoms with Gasteiger partial charge in [0.2, 0.25) is 0 Å². The lowest BCUT2D eigenvalue weighted by Crippen LogP contribution is -2.20. The van der Waals surface area contributed by atoms with Crippen LogP contribution in [-0.4, -0.2) is 12.5 Å². The highest BCUT2D eigenvalue weighted by atomic mass is 79.9. The molecule has 0 atom stereocenters. The fourth-order valence-electron chi connectivity index (χ4n) is 1.89. The Bertz CT molecular complexity index is 671. The number of halogens is 1. The first-order chi connectivity index (χ1) is 9.95. The van der Waals surface area contributed by atoms with E-state index in [2.05, 4.69) is 21.2 Å². The van der Waals surface area contributed by atoms with Gasteiger partial charge in [0.05, 0.1) is 0 Å². The first kappa shape index (κ1) is 15.4. The maximum absolute atomic E-state index is 11.9. The van der Waals surface area contributed by atoms with Crippen LogP contribution in [0.3, 0.4) is 0 Å². The molecule has 3 N–H and O–H groups in total. The molecular weight excluding hydrogens is 332 g/mol. The third-order valence-corrected chi connectivity index (χ3v) is 3.53. The molecule has 5 heteroatoms. The van der Waals surface area contributed by atoms with Crippen LogP contribution in [0, 0.1) is 13.8 Å². The molecule has 1 amide bonds. The Kier molecular flexibility index (Phi) is 4.85. The molecule has 0 saturated heterocycles. The van der Waals surface area contributed by atoms with Crippen LogP contribution >= 0.6 is 15.9 Å². The van der Waals surface area contributed by atoms with Gasteiger partial charge >= 0.3 is 0 Å². The first-order valence-corrected chi connectivity index (χ1v) is 7.30. The standard InChI is InChI=1S/C16H17BrN2O2/c1-10-3-4-12(17)8-15(10)21-9-16(20)19-14-6-5-13(18)7-11(14)2/h3-8H,9,18H2,1-2H3,(H,19,20). The summed E-state index contributed by atoms with van der Waals surface area (Å²) in [6.45, 7) is 3.79. The van der Waals surface area contributed by atoms with E-state index >= 15 is 0 Å². The van der Waals surface area contributed by atoms with Crippen LogP contribution in [-0.2, 0) is 4.79 Å². The zero-order chi connectivity index (χ0) is 15.4. The summed E-state index contributed by atoms with van der Waals surface area (Å²) < 4.78 is 6.46. The second-order valence-corrected chi connectivity index (χ2v) is 5.74. The molecular formula is C16H17BrN2O2. The van der Waals surface area contributed by atoms with Gasteiger partial charge in [-0.15, -0.1) is 0 Å². The largest absolute Gasteiger partial charge is 0.483 e. The van der Waals surface area contributed by atoms with Gasteiger partial charge in [0.1, 0.15) is 5.75 Å². The fourth-order valence-corrected chi connectivity index (χ4v) is 2.23. The second kappa shape index (κ2) is 6.63. The number of carbonyl (C=O) groups is 1. The lowest BCUT2D eigenvalue weighted by atomic mass is 10.2. The maximum atomic E-state index is 11.9.